The number of hydrogen-bond donors (Lipinski definition) is 1. The van der Waals surface area contributed by atoms with Gasteiger partial charge in [0.25, 0.3) is 5.56 Å². The minimum atomic E-state index is -0.462. The summed E-state index contributed by atoms with van der Waals surface area (Å²) in [4.78, 5) is 18.5. The second-order valence-electron chi connectivity index (χ2n) is 6.10. The van der Waals surface area contributed by atoms with Gasteiger partial charge in [0.05, 0.1) is 11.2 Å². The van der Waals surface area contributed by atoms with E-state index in [1.807, 2.05) is 39.8 Å². The molecule has 0 atom stereocenters. The minimum absolute atomic E-state index is 0.192. The molecule has 1 aliphatic heterocycles. The van der Waals surface area contributed by atoms with Crippen molar-refractivity contribution in [2.45, 2.75) is 38.9 Å². The van der Waals surface area contributed by atoms with Crippen LogP contribution < -0.4 is 11.0 Å². The summed E-state index contributed by atoms with van der Waals surface area (Å²) < 4.78 is 12.0. The quantitative estimate of drug-likeness (QED) is 0.793. The van der Waals surface area contributed by atoms with Crippen molar-refractivity contribution in [3.8, 4) is 0 Å². The largest absolute Gasteiger partial charge is 0.496 e. The lowest BCUT2D eigenvalue weighted by Crippen LogP contribution is -2.41. The predicted molar refractivity (Wildman–Crippen MR) is 78.1 cm³/mol. The Kier molecular flexibility index (Phi) is 2.78. The van der Waals surface area contributed by atoms with Gasteiger partial charge >= 0.3 is 7.12 Å². The zero-order chi connectivity index (χ0) is 14.5. The van der Waals surface area contributed by atoms with Crippen LogP contribution in [0.1, 0.15) is 27.7 Å². The van der Waals surface area contributed by atoms with E-state index in [4.69, 9.17) is 9.31 Å². The molecule has 3 rings (SSSR count). The Labute approximate surface area is 117 Å². The number of H-pyrrole nitrogens is 1. The van der Waals surface area contributed by atoms with Crippen LogP contribution in [0.5, 0.6) is 0 Å². The summed E-state index contributed by atoms with van der Waals surface area (Å²) in [5, 5.41) is 0.779. The minimum Gasteiger partial charge on any atom is -0.399 e. The van der Waals surface area contributed by atoms with Crippen LogP contribution in [0.4, 0.5) is 0 Å². The number of nitrogens with one attached hydrogen (secondary N) is 1. The first-order valence-electron chi connectivity index (χ1n) is 6.63. The normalized spacial score (nSPS) is 20.5. The molecule has 1 N–H and O–H groups in total. The van der Waals surface area contributed by atoms with E-state index in [1.54, 1.807) is 12.4 Å². The van der Waals surface area contributed by atoms with Crippen LogP contribution in [0.25, 0.3) is 10.9 Å². The van der Waals surface area contributed by atoms with Gasteiger partial charge in [-0.3, -0.25) is 9.78 Å². The van der Waals surface area contributed by atoms with Crippen LogP contribution >= 0.6 is 0 Å². The smallest absolute Gasteiger partial charge is 0.399 e. The van der Waals surface area contributed by atoms with Gasteiger partial charge in [-0.1, -0.05) is 6.07 Å². The van der Waals surface area contributed by atoms with E-state index in [-0.39, 0.29) is 16.8 Å². The van der Waals surface area contributed by atoms with E-state index in [0.717, 1.165) is 10.8 Å². The summed E-state index contributed by atoms with van der Waals surface area (Å²) in [7, 11) is -0.462. The molecule has 0 saturated carbocycles. The highest BCUT2D eigenvalue weighted by Gasteiger charge is 2.51. The van der Waals surface area contributed by atoms with Crippen molar-refractivity contribution in [2.24, 2.45) is 0 Å². The Morgan fingerprint density at radius 3 is 2.50 bits per heavy atom. The van der Waals surface area contributed by atoms with Gasteiger partial charge in [-0.25, -0.2) is 0 Å². The summed E-state index contributed by atoms with van der Waals surface area (Å²) in [5.41, 5.74) is 0.277. The molecule has 2 aromatic rings. The van der Waals surface area contributed by atoms with Gasteiger partial charge in [-0.15, -0.1) is 0 Å². The molecule has 6 heteroatoms. The molecule has 1 aliphatic rings. The van der Waals surface area contributed by atoms with Crippen LogP contribution in [0, 0.1) is 0 Å². The lowest BCUT2D eigenvalue weighted by Gasteiger charge is -2.32. The number of fused-ring (bicyclic) bond motifs is 1. The number of rotatable bonds is 1. The molecule has 0 aromatic carbocycles. The molecule has 5 nitrogen and oxygen atoms in total. The third kappa shape index (κ3) is 1.96. The Morgan fingerprint density at radius 2 is 1.85 bits per heavy atom. The van der Waals surface area contributed by atoms with E-state index < -0.39 is 7.12 Å². The first-order chi connectivity index (χ1) is 9.30. The third-order valence-corrected chi connectivity index (χ3v) is 4.16. The fraction of sp³-hybridized carbons (Fsp3) is 0.429. The standard InChI is InChI=1S/C14H17BN2O3/c1-13(2)14(3,4)20-15(19-13)10-7-9-5-6-16-12(18)11(9)17-8-10/h5-8H,1-4H3,(H,16,18). The Hall–Kier alpha value is -1.66. The SMILES string of the molecule is CC1(C)OB(c2cnc3c(=O)[nH]ccc3c2)OC1(C)C. The van der Waals surface area contributed by atoms with Crippen LogP contribution in [-0.4, -0.2) is 28.3 Å². The summed E-state index contributed by atoms with van der Waals surface area (Å²) in [6.07, 6.45) is 3.25. The maximum absolute atomic E-state index is 11.6. The molecule has 0 unspecified atom stereocenters. The van der Waals surface area contributed by atoms with Gasteiger partial charge in [0.2, 0.25) is 0 Å². The first-order valence-corrected chi connectivity index (χ1v) is 6.63. The van der Waals surface area contributed by atoms with Crippen molar-refractivity contribution in [1.29, 1.82) is 0 Å². The maximum Gasteiger partial charge on any atom is 0.496 e. The number of pyridine rings is 2. The van der Waals surface area contributed by atoms with Crippen molar-refractivity contribution < 1.29 is 9.31 Å². The molecule has 1 fully saturated rings. The zero-order valence-corrected chi connectivity index (χ0v) is 12.1. The van der Waals surface area contributed by atoms with Gasteiger partial charge in [0.1, 0.15) is 5.52 Å². The van der Waals surface area contributed by atoms with Crippen LogP contribution in [-0.2, 0) is 9.31 Å². The fourth-order valence-electron chi connectivity index (χ4n) is 2.20. The van der Waals surface area contributed by atoms with E-state index >= 15 is 0 Å². The number of aromatic nitrogens is 2. The van der Waals surface area contributed by atoms with E-state index in [9.17, 15) is 4.79 Å². The molecular formula is C14H17BN2O3. The molecule has 3 heterocycles. The van der Waals surface area contributed by atoms with E-state index in [2.05, 4.69) is 9.97 Å². The van der Waals surface area contributed by atoms with Crippen molar-refractivity contribution in [3.63, 3.8) is 0 Å². The average Bonchev–Trinajstić information content (AvgIpc) is 2.58. The highest BCUT2D eigenvalue weighted by Crippen LogP contribution is 2.36. The molecule has 0 radical (unpaired) electrons. The predicted octanol–water partition coefficient (Wildman–Crippen LogP) is 1.22. The molecule has 104 valence electrons. The number of nitrogens with zero attached hydrogens (tertiary/aromatic N) is 1. The third-order valence-electron chi connectivity index (χ3n) is 4.16. The average molecular weight is 272 g/mol. The maximum atomic E-state index is 11.6. The number of hydrogen-bond acceptors (Lipinski definition) is 4. The summed E-state index contributed by atoms with van der Waals surface area (Å²) in [5.74, 6) is 0. The second kappa shape index (κ2) is 4.17. The van der Waals surface area contributed by atoms with Gasteiger partial charge < -0.3 is 14.3 Å². The zero-order valence-electron chi connectivity index (χ0n) is 12.1. The molecule has 0 aliphatic carbocycles. The molecule has 0 bridgehead atoms. The Balaban J connectivity index is 2.03. The molecule has 0 amide bonds. The van der Waals surface area contributed by atoms with Gasteiger partial charge in [-0.05, 0) is 33.8 Å². The first kappa shape index (κ1) is 13.3. The highest BCUT2D eigenvalue weighted by atomic mass is 16.7. The molecule has 1 saturated heterocycles. The monoisotopic (exact) mass is 272 g/mol. The summed E-state index contributed by atoms with van der Waals surface area (Å²) >= 11 is 0. The van der Waals surface area contributed by atoms with Crippen LogP contribution in [0.15, 0.2) is 29.3 Å². The molecule has 20 heavy (non-hydrogen) atoms. The molecule has 2 aromatic heterocycles. The van der Waals surface area contributed by atoms with E-state index in [1.165, 1.54) is 0 Å². The highest BCUT2D eigenvalue weighted by molar-refractivity contribution is 6.62. The summed E-state index contributed by atoms with van der Waals surface area (Å²) in [6, 6.07) is 3.71. The summed E-state index contributed by atoms with van der Waals surface area (Å²) in [6.45, 7) is 8.02. The molecule has 0 spiro atoms. The number of aromatic amines is 1. The lowest BCUT2D eigenvalue weighted by molar-refractivity contribution is 0.00578. The second-order valence-corrected chi connectivity index (χ2v) is 6.10. The lowest BCUT2D eigenvalue weighted by atomic mass is 9.80. The van der Waals surface area contributed by atoms with E-state index in [0.29, 0.717) is 5.52 Å². The molecular weight excluding hydrogens is 255 g/mol. The van der Waals surface area contributed by atoms with Gasteiger partial charge in [0, 0.05) is 23.2 Å². The van der Waals surface area contributed by atoms with Crippen molar-refractivity contribution >= 4 is 23.5 Å². The Bertz CT molecular complexity index is 708. The fourth-order valence-corrected chi connectivity index (χ4v) is 2.20. The topological polar surface area (TPSA) is 64.2 Å². The Morgan fingerprint density at radius 1 is 1.20 bits per heavy atom. The van der Waals surface area contributed by atoms with Gasteiger partial charge in [-0.2, -0.15) is 0 Å². The van der Waals surface area contributed by atoms with Crippen molar-refractivity contribution in [3.05, 3.63) is 34.9 Å². The van der Waals surface area contributed by atoms with Crippen molar-refractivity contribution in [2.75, 3.05) is 0 Å². The van der Waals surface area contributed by atoms with Crippen LogP contribution in [0.3, 0.4) is 0 Å². The van der Waals surface area contributed by atoms with Crippen LogP contribution in [0.2, 0.25) is 0 Å². The van der Waals surface area contributed by atoms with Crippen molar-refractivity contribution in [1.82, 2.24) is 9.97 Å². The van der Waals surface area contributed by atoms with Gasteiger partial charge in [0.15, 0.2) is 0 Å².